The third-order valence-corrected chi connectivity index (χ3v) is 6.91. The molecule has 1 aliphatic heterocycles. The summed E-state index contributed by atoms with van der Waals surface area (Å²) in [6.07, 6.45) is 1.97. The molecular weight excluding hydrogens is 428 g/mol. The Balaban J connectivity index is 1.17. The molecule has 9 heteroatoms. The number of pyridine rings is 1. The van der Waals surface area contributed by atoms with Crippen LogP contribution in [0.1, 0.15) is 5.69 Å². The van der Waals surface area contributed by atoms with Crippen LogP contribution < -0.4 is 4.74 Å². The molecule has 0 N–H and O–H groups in total. The van der Waals surface area contributed by atoms with Crippen LogP contribution in [0.15, 0.2) is 54.0 Å². The predicted molar refractivity (Wildman–Crippen MR) is 125 cm³/mol. The first kappa shape index (κ1) is 20.3. The molecule has 1 aromatic carbocycles. The van der Waals surface area contributed by atoms with Gasteiger partial charge in [-0.15, -0.1) is 11.3 Å². The number of rotatable bonds is 6. The SMILES string of the molecule is COc1ccc(-c2nc(CN3CCN(Cn4nc5ccccn5c4=S)CC3)cs2)cc1. The average molecular weight is 453 g/mol. The summed E-state index contributed by atoms with van der Waals surface area (Å²) in [5.41, 5.74) is 3.15. The summed E-state index contributed by atoms with van der Waals surface area (Å²) >= 11 is 7.27. The fraction of sp³-hybridized carbons (Fsp3) is 0.318. The second-order valence-electron chi connectivity index (χ2n) is 7.62. The Morgan fingerprint density at radius 3 is 2.55 bits per heavy atom. The number of thiazole rings is 1. The van der Waals surface area contributed by atoms with Gasteiger partial charge >= 0.3 is 0 Å². The molecule has 0 bridgehead atoms. The van der Waals surface area contributed by atoms with E-state index < -0.39 is 0 Å². The van der Waals surface area contributed by atoms with Crippen LogP contribution in [-0.4, -0.2) is 62.3 Å². The first-order chi connectivity index (χ1) is 15.2. The van der Waals surface area contributed by atoms with E-state index in [1.807, 2.05) is 45.6 Å². The van der Waals surface area contributed by atoms with E-state index in [-0.39, 0.29) is 0 Å². The third kappa shape index (κ3) is 4.40. The van der Waals surface area contributed by atoms with Crippen molar-refractivity contribution in [1.82, 2.24) is 29.0 Å². The number of ether oxygens (including phenoxy) is 1. The molecule has 160 valence electrons. The van der Waals surface area contributed by atoms with Crippen LogP contribution >= 0.6 is 23.6 Å². The number of methoxy groups -OCH3 is 1. The van der Waals surface area contributed by atoms with E-state index in [1.54, 1.807) is 18.4 Å². The highest BCUT2D eigenvalue weighted by Crippen LogP contribution is 2.26. The highest BCUT2D eigenvalue weighted by Gasteiger charge is 2.19. The van der Waals surface area contributed by atoms with Gasteiger partial charge in [-0.25, -0.2) is 9.67 Å². The molecule has 0 saturated carbocycles. The summed E-state index contributed by atoms with van der Waals surface area (Å²) in [5.74, 6) is 0.864. The summed E-state index contributed by atoms with van der Waals surface area (Å²) in [6, 6.07) is 14.0. The Labute approximate surface area is 190 Å². The number of hydrogen-bond donors (Lipinski definition) is 0. The minimum atomic E-state index is 0.729. The van der Waals surface area contributed by atoms with Gasteiger partial charge in [0, 0.05) is 49.9 Å². The third-order valence-electron chi connectivity index (χ3n) is 5.56. The lowest BCUT2D eigenvalue weighted by atomic mass is 10.2. The fourth-order valence-electron chi connectivity index (χ4n) is 3.81. The van der Waals surface area contributed by atoms with Gasteiger partial charge in [-0.3, -0.25) is 14.2 Å². The van der Waals surface area contributed by atoms with Gasteiger partial charge in [0.1, 0.15) is 10.8 Å². The zero-order valence-electron chi connectivity index (χ0n) is 17.3. The number of benzene rings is 1. The fourth-order valence-corrected chi connectivity index (χ4v) is 4.88. The highest BCUT2D eigenvalue weighted by atomic mass is 32.1. The van der Waals surface area contributed by atoms with Crippen molar-refractivity contribution in [2.45, 2.75) is 13.2 Å². The first-order valence-electron chi connectivity index (χ1n) is 10.3. The van der Waals surface area contributed by atoms with Crippen molar-refractivity contribution in [3.8, 4) is 16.3 Å². The van der Waals surface area contributed by atoms with Crippen LogP contribution in [0.25, 0.3) is 16.2 Å². The van der Waals surface area contributed by atoms with E-state index >= 15 is 0 Å². The molecule has 31 heavy (non-hydrogen) atoms. The Morgan fingerprint density at radius 1 is 1.03 bits per heavy atom. The van der Waals surface area contributed by atoms with E-state index in [1.165, 1.54) is 0 Å². The first-order valence-corrected chi connectivity index (χ1v) is 11.6. The maximum absolute atomic E-state index is 5.57. The highest BCUT2D eigenvalue weighted by molar-refractivity contribution is 7.71. The normalized spacial score (nSPS) is 15.5. The molecular formula is C22H24N6OS2. The molecule has 4 aromatic rings. The zero-order chi connectivity index (χ0) is 21.2. The molecule has 0 amide bonds. The lowest BCUT2D eigenvalue weighted by Crippen LogP contribution is -2.46. The lowest BCUT2D eigenvalue weighted by Gasteiger charge is -2.34. The van der Waals surface area contributed by atoms with Gasteiger partial charge in [-0.1, -0.05) is 6.07 Å². The number of piperazine rings is 1. The van der Waals surface area contributed by atoms with Crippen molar-refractivity contribution >= 4 is 29.2 Å². The molecule has 5 rings (SSSR count). The van der Waals surface area contributed by atoms with Crippen LogP contribution in [0.5, 0.6) is 5.75 Å². The monoisotopic (exact) mass is 452 g/mol. The van der Waals surface area contributed by atoms with Gasteiger partial charge in [0.15, 0.2) is 5.65 Å². The number of aromatic nitrogens is 4. The molecule has 4 heterocycles. The van der Waals surface area contributed by atoms with E-state index in [2.05, 4.69) is 32.4 Å². The van der Waals surface area contributed by atoms with Crippen LogP contribution in [-0.2, 0) is 13.2 Å². The van der Waals surface area contributed by atoms with Gasteiger partial charge < -0.3 is 4.74 Å². The Kier molecular flexibility index (Phi) is 5.82. The number of hydrogen-bond acceptors (Lipinski definition) is 7. The van der Waals surface area contributed by atoms with E-state index in [9.17, 15) is 0 Å². The molecule has 0 spiro atoms. The second-order valence-corrected chi connectivity index (χ2v) is 8.84. The van der Waals surface area contributed by atoms with Crippen molar-refractivity contribution in [2.24, 2.45) is 0 Å². The van der Waals surface area contributed by atoms with Gasteiger partial charge in [0.2, 0.25) is 4.77 Å². The minimum Gasteiger partial charge on any atom is -0.497 e. The van der Waals surface area contributed by atoms with Gasteiger partial charge in [0.25, 0.3) is 0 Å². The van der Waals surface area contributed by atoms with Crippen molar-refractivity contribution in [3.63, 3.8) is 0 Å². The van der Waals surface area contributed by atoms with Crippen LogP contribution in [0, 0.1) is 4.77 Å². The Morgan fingerprint density at radius 2 is 1.81 bits per heavy atom. The maximum Gasteiger partial charge on any atom is 0.203 e. The molecule has 0 atom stereocenters. The van der Waals surface area contributed by atoms with E-state index in [0.717, 1.165) is 71.8 Å². The quantitative estimate of drug-likeness (QED) is 0.415. The Bertz CT molecular complexity index is 1220. The Hall–Kier alpha value is -2.59. The van der Waals surface area contributed by atoms with Crippen molar-refractivity contribution in [2.75, 3.05) is 33.3 Å². The topological polar surface area (TPSA) is 50.8 Å². The summed E-state index contributed by atoms with van der Waals surface area (Å²) in [7, 11) is 1.68. The standard InChI is InChI=1S/C22H24N6OS2/c1-29-19-7-5-17(6-8-19)21-23-18(15-31-21)14-25-10-12-26(13-11-25)16-28-22(30)27-9-3-2-4-20(27)24-28/h2-9,15H,10-14,16H2,1H3. The maximum atomic E-state index is 5.57. The molecule has 0 unspecified atom stereocenters. The van der Waals surface area contributed by atoms with Crippen molar-refractivity contribution < 1.29 is 4.74 Å². The van der Waals surface area contributed by atoms with Gasteiger partial charge in [0.05, 0.1) is 19.5 Å². The van der Waals surface area contributed by atoms with Crippen LogP contribution in [0.2, 0.25) is 0 Å². The summed E-state index contributed by atoms with van der Waals surface area (Å²) < 4.78 is 9.85. The smallest absolute Gasteiger partial charge is 0.203 e. The number of fused-ring (bicyclic) bond motifs is 1. The summed E-state index contributed by atoms with van der Waals surface area (Å²) in [5, 5.41) is 7.86. The summed E-state index contributed by atoms with van der Waals surface area (Å²) in [4.78, 5) is 9.71. The molecule has 1 fully saturated rings. The van der Waals surface area contributed by atoms with E-state index in [4.69, 9.17) is 21.9 Å². The largest absolute Gasteiger partial charge is 0.497 e. The van der Waals surface area contributed by atoms with Gasteiger partial charge in [-0.05, 0) is 48.6 Å². The predicted octanol–water partition coefficient (Wildman–Crippen LogP) is 3.77. The molecule has 1 saturated heterocycles. The lowest BCUT2D eigenvalue weighted by molar-refractivity contribution is 0.0976. The van der Waals surface area contributed by atoms with E-state index in [0.29, 0.717) is 0 Å². The molecule has 0 aliphatic carbocycles. The molecule has 1 aliphatic rings. The molecule has 7 nitrogen and oxygen atoms in total. The minimum absolute atomic E-state index is 0.729. The van der Waals surface area contributed by atoms with Crippen molar-refractivity contribution in [1.29, 1.82) is 0 Å². The van der Waals surface area contributed by atoms with Gasteiger partial charge in [-0.2, -0.15) is 5.10 Å². The summed E-state index contributed by atoms with van der Waals surface area (Å²) in [6.45, 7) is 5.61. The molecule has 0 radical (unpaired) electrons. The number of nitrogens with zero attached hydrogens (tertiary/aromatic N) is 6. The average Bonchev–Trinajstić information content (AvgIpc) is 3.40. The van der Waals surface area contributed by atoms with Crippen LogP contribution in [0.4, 0.5) is 0 Å². The van der Waals surface area contributed by atoms with Crippen LogP contribution in [0.3, 0.4) is 0 Å². The van der Waals surface area contributed by atoms with Crippen molar-refractivity contribution in [3.05, 3.63) is 64.5 Å². The second kappa shape index (κ2) is 8.88. The zero-order valence-corrected chi connectivity index (χ0v) is 19.0. The molecule has 3 aromatic heterocycles.